The van der Waals surface area contributed by atoms with Crippen LogP contribution in [0.1, 0.15) is 29.9 Å². The number of H-pyrrole nitrogens is 1. The fourth-order valence-corrected chi connectivity index (χ4v) is 3.48. The normalized spacial score (nSPS) is 12.7. The average Bonchev–Trinajstić information content (AvgIpc) is 3.19. The summed E-state index contributed by atoms with van der Waals surface area (Å²) in [5, 5.41) is 2.70. The Bertz CT molecular complexity index is 1200. The molecule has 2 aromatic carbocycles. The second-order valence-corrected chi connectivity index (χ2v) is 7.61. The van der Waals surface area contributed by atoms with Gasteiger partial charge in [-0.3, -0.25) is 9.69 Å². The Labute approximate surface area is 186 Å². The van der Waals surface area contributed by atoms with Crippen molar-refractivity contribution in [1.82, 2.24) is 4.98 Å². The molecule has 164 valence electrons. The number of halogens is 1. The molecule has 0 unspecified atom stereocenters. The van der Waals surface area contributed by atoms with Gasteiger partial charge >= 0.3 is 0 Å². The van der Waals surface area contributed by atoms with Crippen LogP contribution in [0.4, 0.5) is 21.6 Å². The number of methoxy groups -OCH3 is 1. The molecule has 4 rings (SSSR count). The minimum atomic E-state index is -0.550. The van der Waals surface area contributed by atoms with Gasteiger partial charge in [0.2, 0.25) is 0 Å². The van der Waals surface area contributed by atoms with Crippen LogP contribution in [0.3, 0.4) is 0 Å². The SMILES string of the molecule is C=C1C=Cc2cc(C(=O)Nc3ccc(OC)c(F)c3)[nH]c2N1c1ccc(OC(C)C)cc1. The number of nitrogens with zero attached hydrogens (tertiary/aromatic N) is 1. The van der Waals surface area contributed by atoms with Crippen molar-refractivity contribution in [3.8, 4) is 11.5 Å². The van der Waals surface area contributed by atoms with E-state index in [-0.39, 0.29) is 17.8 Å². The Hall–Kier alpha value is -4.00. The molecule has 1 amide bonds. The number of hydrogen-bond acceptors (Lipinski definition) is 4. The number of anilines is 3. The smallest absolute Gasteiger partial charge is 0.272 e. The number of ether oxygens (including phenoxy) is 2. The zero-order valence-corrected chi connectivity index (χ0v) is 18.1. The van der Waals surface area contributed by atoms with Gasteiger partial charge in [0.15, 0.2) is 11.6 Å². The number of amides is 1. The number of carbonyl (C=O) groups excluding carboxylic acids is 1. The highest BCUT2D eigenvalue weighted by molar-refractivity contribution is 6.04. The van der Waals surface area contributed by atoms with Crippen LogP contribution < -0.4 is 19.7 Å². The molecule has 1 aliphatic rings. The van der Waals surface area contributed by atoms with Crippen LogP contribution in [0.15, 0.2) is 66.9 Å². The van der Waals surface area contributed by atoms with E-state index in [1.54, 1.807) is 12.1 Å². The third-order valence-electron chi connectivity index (χ3n) is 4.91. The van der Waals surface area contributed by atoms with Gasteiger partial charge in [-0.2, -0.15) is 0 Å². The maximum atomic E-state index is 14.0. The molecule has 0 radical (unpaired) electrons. The standard InChI is InChI=1S/C25H24FN3O3/c1-15(2)32-20-10-8-19(9-11-20)29-16(3)5-6-17-13-22(28-24(17)29)25(30)27-18-7-12-23(31-4)21(26)14-18/h5-15,28H,3H2,1-2,4H3,(H,27,30). The first-order chi connectivity index (χ1) is 15.4. The number of aromatic amines is 1. The van der Waals surface area contributed by atoms with Gasteiger partial charge in [-0.25, -0.2) is 4.39 Å². The molecular weight excluding hydrogens is 409 g/mol. The molecule has 0 saturated heterocycles. The number of rotatable bonds is 6. The Morgan fingerprint density at radius 2 is 1.88 bits per heavy atom. The van der Waals surface area contributed by atoms with Gasteiger partial charge in [0.05, 0.1) is 13.2 Å². The summed E-state index contributed by atoms with van der Waals surface area (Å²) in [4.78, 5) is 17.9. The molecule has 7 heteroatoms. The second kappa shape index (κ2) is 8.63. The van der Waals surface area contributed by atoms with Crippen LogP contribution in [-0.4, -0.2) is 24.1 Å². The number of allylic oxidation sites excluding steroid dienone is 1. The van der Waals surface area contributed by atoms with E-state index in [0.717, 1.165) is 28.5 Å². The van der Waals surface area contributed by atoms with Crippen molar-refractivity contribution in [3.05, 3.63) is 84.0 Å². The van der Waals surface area contributed by atoms with Gasteiger partial charge in [-0.15, -0.1) is 0 Å². The lowest BCUT2D eigenvalue weighted by Crippen LogP contribution is -2.18. The van der Waals surface area contributed by atoms with Crippen molar-refractivity contribution in [2.24, 2.45) is 0 Å². The lowest BCUT2D eigenvalue weighted by Gasteiger charge is -2.27. The van der Waals surface area contributed by atoms with Crippen LogP contribution in [0.5, 0.6) is 11.5 Å². The molecule has 1 aromatic heterocycles. The van der Waals surface area contributed by atoms with Gasteiger partial charge < -0.3 is 19.8 Å². The summed E-state index contributed by atoms with van der Waals surface area (Å²) >= 11 is 0. The monoisotopic (exact) mass is 433 g/mol. The first-order valence-corrected chi connectivity index (χ1v) is 10.2. The molecule has 0 spiro atoms. The molecule has 0 bridgehead atoms. The average molecular weight is 433 g/mol. The molecule has 0 saturated carbocycles. The van der Waals surface area contributed by atoms with Crippen molar-refractivity contribution in [1.29, 1.82) is 0 Å². The quantitative estimate of drug-likeness (QED) is 0.509. The predicted octanol–water partition coefficient (Wildman–Crippen LogP) is 5.88. The zero-order chi connectivity index (χ0) is 22.8. The number of nitrogens with one attached hydrogen (secondary N) is 2. The predicted molar refractivity (Wildman–Crippen MR) is 124 cm³/mol. The van der Waals surface area contributed by atoms with Gasteiger partial charge in [0.25, 0.3) is 5.91 Å². The highest BCUT2D eigenvalue weighted by Gasteiger charge is 2.23. The molecular formula is C25H24FN3O3. The summed E-state index contributed by atoms with van der Waals surface area (Å²) < 4.78 is 24.6. The van der Waals surface area contributed by atoms with E-state index >= 15 is 0 Å². The van der Waals surface area contributed by atoms with Crippen molar-refractivity contribution in [3.63, 3.8) is 0 Å². The molecule has 6 nitrogen and oxygen atoms in total. The Morgan fingerprint density at radius 1 is 1.12 bits per heavy atom. The van der Waals surface area contributed by atoms with Crippen LogP contribution in [-0.2, 0) is 0 Å². The van der Waals surface area contributed by atoms with Crippen molar-refractivity contribution in [2.75, 3.05) is 17.3 Å². The minimum Gasteiger partial charge on any atom is -0.494 e. The maximum absolute atomic E-state index is 14.0. The number of aromatic nitrogens is 1. The van der Waals surface area contributed by atoms with E-state index in [2.05, 4.69) is 16.9 Å². The van der Waals surface area contributed by atoms with E-state index in [1.165, 1.54) is 19.2 Å². The Morgan fingerprint density at radius 3 is 2.53 bits per heavy atom. The highest BCUT2D eigenvalue weighted by Crippen LogP contribution is 2.37. The van der Waals surface area contributed by atoms with Crippen molar-refractivity contribution < 1.29 is 18.7 Å². The van der Waals surface area contributed by atoms with Crippen LogP contribution in [0, 0.1) is 5.82 Å². The molecule has 32 heavy (non-hydrogen) atoms. The first-order valence-electron chi connectivity index (χ1n) is 10.2. The number of fused-ring (bicyclic) bond motifs is 1. The molecule has 1 aliphatic heterocycles. The fraction of sp³-hybridized carbons (Fsp3) is 0.160. The van der Waals surface area contributed by atoms with Crippen LogP contribution >= 0.6 is 0 Å². The van der Waals surface area contributed by atoms with Gasteiger partial charge in [-0.05, 0) is 68.5 Å². The summed E-state index contributed by atoms with van der Waals surface area (Å²) in [5.74, 6) is 0.680. The first kappa shape index (κ1) is 21.2. The lowest BCUT2D eigenvalue weighted by atomic mass is 10.1. The largest absolute Gasteiger partial charge is 0.494 e. The third-order valence-corrected chi connectivity index (χ3v) is 4.91. The van der Waals surface area contributed by atoms with E-state index in [0.29, 0.717) is 11.4 Å². The summed E-state index contributed by atoms with van der Waals surface area (Å²) in [7, 11) is 1.39. The fourth-order valence-electron chi connectivity index (χ4n) is 3.48. The highest BCUT2D eigenvalue weighted by atomic mass is 19.1. The van der Waals surface area contributed by atoms with Gasteiger partial charge in [0.1, 0.15) is 17.3 Å². The van der Waals surface area contributed by atoms with Crippen LogP contribution in [0.25, 0.3) is 6.08 Å². The van der Waals surface area contributed by atoms with Gasteiger partial charge in [0, 0.05) is 28.7 Å². The number of benzene rings is 2. The minimum absolute atomic E-state index is 0.0870. The zero-order valence-electron chi connectivity index (χ0n) is 18.1. The molecule has 0 fully saturated rings. The molecule has 2 N–H and O–H groups in total. The van der Waals surface area contributed by atoms with E-state index in [4.69, 9.17) is 9.47 Å². The Kier molecular flexibility index (Phi) is 5.73. The summed E-state index contributed by atoms with van der Waals surface area (Å²) in [6, 6.07) is 13.7. The Balaban J connectivity index is 1.59. The van der Waals surface area contributed by atoms with E-state index in [9.17, 15) is 9.18 Å². The van der Waals surface area contributed by atoms with Crippen molar-refractivity contribution >= 4 is 29.2 Å². The van der Waals surface area contributed by atoms with E-state index in [1.807, 2.05) is 55.2 Å². The van der Waals surface area contributed by atoms with Crippen LogP contribution in [0.2, 0.25) is 0 Å². The summed E-state index contributed by atoms with van der Waals surface area (Å²) in [5.41, 5.74) is 3.14. The third kappa shape index (κ3) is 4.23. The number of hydrogen-bond donors (Lipinski definition) is 2. The van der Waals surface area contributed by atoms with Gasteiger partial charge in [-0.1, -0.05) is 6.58 Å². The number of carbonyl (C=O) groups is 1. The van der Waals surface area contributed by atoms with E-state index < -0.39 is 5.82 Å². The lowest BCUT2D eigenvalue weighted by molar-refractivity contribution is 0.102. The summed E-state index contributed by atoms with van der Waals surface area (Å²) in [6.07, 6.45) is 3.86. The topological polar surface area (TPSA) is 66.6 Å². The second-order valence-electron chi connectivity index (χ2n) is 7.61. The molecule has 0 atom stereocenters. The summed E-state index contributed by atoms with van der Waals surface area (Å²) in [6.45, 7) is 8.07. The molecule has 0 aliphatic carbocycles. The van der Waals surface area contributed by atoms with Crippen molar-refractivity contribution in [2.45, 2.75) is 20.0 Å². The maximum Gasteiger partial charge on any atom is 0.272 e. The molecule has 2 heterocycles. The molecule has 3 aromatic rings.